The second-order valence-electron chi connectivity index (χ2n) is 4.92. The van der Waals surface area contributed by atoms with E-state index in [1.54, 1.807) is 0 Å². The molecule has 2 aliphatic rings. The lowest BCUT2D eigenvalue weighted by Gasteiger charge is -2.32. The molecule has 0 aromatic carbocycles. The molecule has 0 aliphatic heterocycles. The molecule has 2 rings (SSSR count). The van der Waals surface area contributed by atoms with E-state index >= 15 is 0 Å². The van der Waals surface area contributed by atoms with E-state index in [4.69, 9.17) is 5.73 Å². The van der Waals surface area contributed by atoms with Gasteiger partial charge in [0.05, 0.1) is 5.54 Å². The maximum Gasteiger partial charge on any atom is 0.315 e. The number of urea groups is 1. The highest BCUT2D eigenvalue weighted by Crippen LogP contribution is 2.28. The fourth-order valence-corrected chi connectivity index (χ4v) is 2.45. The van der Waals surface area contributed by atoms with Gasteiger partial charge in [-0.05, 0) is 32.1 Å². The predicted molar refractivity (Wildman–Crippen MR) is 59.6 cm³/mol. The Morgan fingerprint density at radius 3 is 2.40 bits per heavy atom. The highest BCUT2D eigenvalue weighted by atomic mass is 16.2. The van der Waals surface area contributed by atoms with Crippen molar-refractivity contribution < 1.29 is 4.79 Å². The number of amides is 2. The summed E-state index contributed by atoms with van der Waals surface area (Å²) in [5.74, 6) is 0. The average molecular weight is 211 g/mol. The van der Waals surface area contributed by atoms with Crippen LogP contribution in [0.25, 0.3) is 0 Å². The first kappa shape index (κ1) is 10.7. The molecule has 4 heteroatoms. The lowest BCUT2D eigenvalue weighted by atomic mass is 9.93. The summed E-state index contributed by atoms with van der Waals surface area (Å²) >= 11 is 0. The molecule has 0 saturated heterocycles. The minimum Gasteiger partial charge on any atom is -0.335 e. The van der Waals surface area contributed by atoms with Gasteiger partial charge in [0.1, 0.15) is 0 Å². The van der Waals surface area contributed by atoms with E-state index in [1.165, 1.54) is 19.3 Å². The highest BCUT2D eigenvalue weighted by molar-refractivity contribution is 5.75. The number of hydrogen-bond donors (Lipinski definition) is 3. The fourth-order valence-electron chi connectivity index (χ4n) is 2.45. The molecule has 2 amide bonds. The molecule has 86 valence electrons. The Morgan fingerprint density at radius 2 is 1.93 bits per heavy atom. The molecule has 15 heavy (non-hydrogen) atoms. The minimum absolute atomic E-state index is 0.0212. The maximum absolute atomic E-state index is 11.7. The van der Waals surface area contributed by atoms with Crippen molar-refractivity contribution in [1.82, 2.24) is 10.6 Å². The van der Waals surface area contributed by atoms with Crippen molar-refractivity contribution in [3.05, 3.63) is 0 Å². The zero-order valence-electron chi connectivity index (χ0n) is 9.22. The van der Waals surface area contributed by atoms with E-state index in [-0.39, 0.29) is 11.6 Å². The average Bonchev–Trinajstić information content (AvgIpc) is 2.61. The second-order valence-corrected chi connectivity index (χ2v) is 4.92. The van der Waals surface area contributed by atoms with Crippen LogP contribution in [0.15, 0.2) is 0 Å². The second kappa shape index (κ2) is 4.39. The Morgan fingerprint density at radius 1 is 1.27 bits per heavy atom. The Balaban J connectivity index is 1.80. The van der Waals surface area contributed by atoms with Gasteiger partial charge in [-0.25, -0.2) is 4.79 Å². The summed E-state index contributed by atoms with van der Waals surface area (Å²) < 4.78 is 0. The smallest absolute Gasteiger partial charge is 0.315 e. The van der Waals surface area contributed by atoms with Crippen molar-refractivity contribution in [2.24, 2.45) is 5.73 Å². The van der Waals surface area contributed by atoms with Crippen molar-refractivity contribution in [2.45, 2.75) is 56.5 Å². The molecule has 0 atom stereocenters. The third-order valence-corrected chi connectivity index (χ3v) is 3.77. The summed E-state index contributed by atoms with van der Waals surface area (Å²) in [6.07, 6.45) is 7.92. The Kier molecular flexibility index (Phi) is 3.14. The summed E-state index contributed by atoms with van der Waals surface area (Å²) in [6, 6.07) is 0.383. The van der Waals surface area contributed by atoms with Crippen molar-refractivity contribution in [1.29, 1.82) is 0 Å². The molecule has 0 unspecified atom stereocenters. The maximum atomic E-state index is 11.7. The van der Waals surface area contributed by atoms with E-state index in [2.05, 4.69) is 10.6 Å². The van der Waals surface area contributed by atoms with Crippen molar-refractivity contribution in [2.75, 3.05) is 6.54 Å². The topological polar surface area (TPSA) is 67.1 Å². The first-order chi connectivity index (χ1) is 7.24. The highest BCUT2D eigenvalue weighted by Gasteiger charge is 2.34. The summed E-state index contributed by atoms with van der Waals surface area (Å²) in [4.78, 5) is 11.7. The standard InChI is InChI=1S/C11H21N3O/c12-8-11(6-1-2-7-11)14-10(15)13-9-4-3-5-9/h9H,1-8,12H2,(H2,13,14,15). The van der Waals surface area contributed by atoms with Gasteiger partial charge in [0, 0.05) is 12.6 Å². The van der Waals surface area contributed by atoms with Crippen LogP contribution in [-0.2, 0) is 0 Å². The normalized spacial score (nSPS) is 24.6. The Labute approximate surface area is 91.0 Å². The molecular formula is C11H21N3O. The monoisotopic (exact) mass is 211 g/mol. The SMILES string of the molecule is NCC1(NC(=O)NC2CCC2)CCCC1. The summed E-state index contributed by atoms with van der Waals surface area (Å²) in [5.41, 5.74) is 5.63. The first-order valence-electron chi connectivity index (χ1n) is 6.03. The number of hydrogen-bond acceptors (Lipinski definition) is 2. The van der Waals surface area contributed by atoms with E-state index in [0.29, 0.717) is 12.6 Å². The predicted octanol–water partition coefficient (Wildman–Crippen LogP) is 1.11. The molecule has 2 fully saturated rings. The van der Waals surface area contributed by atoms with Crippen LogP contribution < -0.4 is 16.4 Å². The summed E-state index contributed by atoms with van der Waals surface area (Å²) in [6.45, 7) is 0.561. The molecular weight excluding hydrogens is 190 g/mol. The largest absolute Gasteiger partial charge is 0.335 e. The molecule has 0 bridgehead atoms. The summed E-state index contributed by atoms with van der Waals surface area (Å²) in [7, 11) is 0. The van der Waals surface area contributed by atoms with Crippen LogP contribution in [0.5, 0.6) is 0 Å². The lowest BCUT2D eigenvalue weighted by Crippen LogP contribution is -2.57. The van der Waals surface area contributed by atoms with Crippen molar-refractivity contribution in [3.8, 4) is 0 Å². The van der Waals surface area contributed by atoms with Gasteiger partial charge in [0.15, 0.2) is 0 Å². The lowest BCUT2D eigenvalue weighted by molar-refractivity contribution is 0.213. The molecule has 2 saturated carbocycles. The quantitative estimate of drug-likeness (QED) is 0.654. The summed E-state index contributed by atoms with van der Waals surface area (Å²) in [5, 5.41) is 6.06. The number of nitrogens with two attached hydrogens (primary N) is 1. The van der Waals surface area contributed by atoms with Gasteiger partial charge in [-0.3, -0.25) is 0 Å². The van der Waals surface area contributed by atoms with Crippen LogP contribution in [0.1, 0.15) is 44.9 Å². The van der Waals surface area contributed by atoms with E-state index in [9.17, 15) is 4.79 Å². The van der Waals surface area contributed by atoms with Gasteiger partial charge < -0.3 is 16.4 Å². The molecule has 4 nitrogen and oxygen atoms in total. The van der Waals surface area contributed by atoms with Gasteiger partial charge in [-0.1, -0.05) is 12.8 Å². The third kappa shape index (κ3) is 2.43. The minimum atomic E-state index is -0.117. The molecule has 2 aliphatic carbocycles. The molecule has 0 heterocycles. The van der Waals surface area contributed by atoms with Crippen LogP contribution in [-0.4, -0.2) is 24.2 Å². The number of carbonyl (C=O) groups excluding carboxylic acids is 1. The van der Waals surface area contributed by atoms with E-state index in [1.807, 2.05) is 0 Å². The van der Waals surface area contributed by atoms with Gasteiger partial charge >= 0.3 is 6.03 Å². The Hall–Kier alpha value is -0.770. The van der Waals surface area contributed by atoms with Crippen molar-refractivity contribution in [3.63, 3.8) is 0 Å². The number of carbonyl (C=O) groups is 1. The molecule has 0 aromatic heterocycles. The van der Waals surface area contributed by atoms with Crippen LogP contribution in [0.3, 0.4) is 0 Å². The molecule has 0 spiro atoms. The van der Waals surface area contributed by atoms with Crippen LogP contribution in [0.2, 0.25) is 0 Å². The molecule has 0 radical (unpaired) electrons. The van der Waals surface area contributed by atoms with Crippen LogP contribution >= 0.6 is 0 Å². The van der Waals surface area contributed by atoms with Gasteiger partial charge in [0.2, 0.25) is 0 Å². The third-order valence-electron chi connectivity index (χ3n) is 3.77. The van der Waals surface area contributed by atoms with Gasteiger partial charge in [-0.2, -0.15) is 0 Å². The fraction of sp³-hybridized carbons (Fsp3) is 0.909. The number of nitrogens with one attached hydrogen (secondary N) is 2. The number of rotatable bonds is 3. The van der Waals surface area contributed by atoms with Gasteiger partial charge in [0.25, 0.3) is 0 Å². The molecule has 0 aromatic rings. The zero-order valence-corrected chi connectivity index (χ0v) is 9.22. The van der Waals surface area contributed by atoms with Crippen molar-refractivity contribution >= 4 is 6.03 Å². The van der Waals surface area contributed by atoms with E-state index in [0.717, 1.165) is 25.7 Å². The zero-order chi connectivity index (χ0) is 10.7. The first-order valence-corrected chi connectivity index (χ1v) is 6.03. The van der Waals surface area contributed by atoms with Gasteiger partial charge in [-0.15, -0.1) is 0 Å². The molecule has 4 N–H and O–H groups in total. The van der Waals surface area contributed by atoms with Crippen LogP contribution in [0, 0.1) is 0 Å². The Bertz CT molecular complexity index is 232. The van der Waals surface area contributed by atoms with E-state index < -0.39 is 0 Å². The van der Waals surface area contributed by atoms with Crippen LogP contribution in [0.4, 0.5) is 4.79 Å².